The maximum atomic E-state index is 12.2. The van der Waals surface area contributed by atoms with Gasteiger partial charge in [0.1, 0.15) is 18.1 Å². The normalized spacial score (nSPS) is 15.5. The van der Waals surface area contributed by atoms with Crippen LogP contribution in [0.1, 0.15) is 12.8 Å². The highest BCUT2D eigenvalue weighted by atomic mass is 32.2. The summed E-state index contributed by atoms with van der Waals surface area (Å²) < 4.78 is 37.9. The summed E-state index contributed by atoms with van der Waals surface area (Å²) in [4.78, 5) is 2.29. The van der Waals surface area contributed by atoms with Gasteiger partial charge in [0.05, 0.1) is 6.10 Å². The van der Waals surface area contributed by atoms with Gasteiger partial charge in [0.15, 0.2) is 0 Å². The Bertz CT molecular complexity index is 802. The molecule has 2 aromatic rings. The van der Waals surface area contributed by atoms with Gasteiger partial charge in [-0.05, 0) is 49.2 Å². The van der Waals surface area contributed by atoms with E-state index in [-0.39, 0.29) is 12.4 Å². The molecule has 0 unspecified atom stereocenters. The Balaban J connectivity index is 1.49. The molecule has 0 aromatic heterocycles. The van der Waals surface area contributed by atoms with Crippen LogP contribution in [0.15, 0.2) is 54.6 Å². The molecule has 0 spiro atoms. The zero-order valence-electron chi connectivity index (χ0n) is 15.5. The van der Waals surface area contributed by atoms with E-state index in [1.165, 1.54) is 0 Å². The standard InChI is InChI=1S/C20H26N2O4S/c1-25-19-11-13-22(14-12-19)18-9-7-17(8-10-18)21-27(23,24)16-15-26-20-5-3-2-4-6-20/h2-10,19,21H,11-16H2,1H3. The van der Waals surface area contributed by atoms with E-state index >= 15 is 0 Å². The van der Waals surface area contributed by atoms with Gasteiger partial charge < -0.3 is 14.4 Å². The first kappa shape index (κ1) is 19.5. The quantitative estimate of drug-likeness (QED) is 0.750. The van der Waals surface area contributed by atoms with E-state index in [1.807, 2.05) is 30.3 Å². The topological polar surface area (TPSA) is 67.9 Å². The lowest BCUT2D eigenvalue weighted by molar-refractivity contribution is 0.0819. The monoisotopic (exact) mass is 390 g/mol. The summed E-state index contributed by atoms with van der Waals surface area (Å²) >= 11 is 0. The number of ether oxygens (including phenoxy) is 2. The molecule has 0 bridgehead atoms. The molecule has 0 radical (unpaired) electrons. The van der Waals surface area contributed by atoms with Gasteiger partial charge in [-0.2, -0.15) is 0 Å². The summed E-state index contributed by atoms with van der Waals surface area (Å²) in [6, 6.07) is 16.7. The number of para-hydroxylation sites is 1. The van der Waals surface area contributed by atoms with E-state index in [9.17, 15) is 8.42 Å². The number of piperidine rings is 1. The summed E-state index contributed by atoms with van der Waals surface area (Å²) in [5.74, 6) is 0.558. The second kappa shape index (κ2) is 9.10. The molecular formula is C20H26N2O4S. The SMILES string of the molecule is COC1CCN(c2ccc(NS(=O)(=O)CCOc3ccccc3)cc2)CC1. The van der Waals surface area contributed by atoms with E-state index in [4.69, 9.17) is 9.47 Å². The summed E-state index contributed by atoms with van der Waals surface area (Å²) in [5.41, 5.74) is 1.66. The minimum absolute atomic E-state index is 0.103. The van der Waals surface area contributed by atoms with Crippen molar-refractivity contribution in [3.8, 4) is 5.75 Å². The van der Waals surface area contributed by atoms with Crippen molar-refractivity contribution in [3.05, 3.63) is 54.6 Å². The van der Waals surface area contributed by atoms with Crippen LogP contribution >= 0.6 is 0 Å². The minimum atomic E-state index is -3.46. The molecule has 146 valence electrons. The predicted molar refractivity (Wildman–Crippen MR) is 108 cm³/mol. The highest BCUT2D eigenvalue weighted by Crippen LogP contribution is 2.23. The Labute approximate surface area is 161 Å². The minimum Gasteiger partial charge on any atom is -0.492 e. The molecular weight excluding hydrogens is 364 g/mol. The number of anilines is 2. The van der Waals surface area contributed by atoms with Gasteiger partial charge in [-0.15, -0.1) is 0 Å². The Hall–Kier alpha value is -2.25. The third-order valence-electron chi connectivity index (χ3n) is 4.65. The van der Waals surface area contributed by atoms with Gasteiger partial charge in [0.25, 0.3) is 0 Å². The van der Waals surface area contributed by atoms with Gasteiger partial charge in [-0.25, -0.2) is 8.42 Å². The largest absolute Gasteiger partial charge is 0.492 e. The lowest BCUT2D eigenvalue weighted by atomic mass is 10.1. The van der Waals surface area contributed by atoms with Crippen molar-refractivity contribution < 1.29 is 17.9 Å². The lowest BCUT2D eigenvalue weighted by Crippen LogP contribution is -2.36. The fourth-order valence-electron chi connectivity index (χ4n) is 3.11. The molecule has 1 aliphatic rings. The number of benzene rings is 2. The predicted octanol–water partition coefficient (Wildman–Crippen LogP) is 3.12. The van der Waals surface area contributed by atoms with Crippen molar-refractivity contribution in [1.29, 1.82) is 0 Å². The van der Waals surface area contributed by atoms with E-state index < -0.39 is 10.0 Å². The van der Waals surface area contributed by atoms with E-state index in [0.29, 0.717) is 17.5 Å². The van der Waals surface area contributed by atoms with Gasteiger partial charge in [0.2, 0.25) is 10.0 Å². The highest BCUT2D eigenvalue weighted by Gasteiger charge is 2.19. The van der Waals surface area contributed by atoms with Gasteiger partial charge in [0, 0.05) is 31.6 Å². The fraction of sp³-hybridized carbons (Fsp3) is 0.400. The van der Waals surface area contributed by atoms with Crippen molar-refractivity contribution in [2.45, 2.75) is 18.9 Å². The van der Waals surface area contributed by atoms with Crippen molar-refractivity contribution >= 4 is 21.4 Å². The first-order valence-electron chi connectivity index (χ1n) is 9.12. The number of hydrogen-bond donors (Lipinski definition) is 1. The van der Waals surface area contributed by atoms with Crippen molar-refractivity contribution in [3.63, 3.8) is 0 Å². The summed E-state index contributed by atoms with van der Waals surface area (Å²) in [5, 5.41) is 0. The average molecular weight is 391 g/mol. The van der Waals surface area contributed by atoms with Crippen LogP contribution in [0.4, 0.5) is 11.4 Å². The van der Waals surface area contributed by atoms with Crippen molar-refractivity contribution in [2.24, 2.45) is 0 Å². The van der Waals surface area contributed by atoms with Crippen LogP contribution in [0, 0.1) is 0 Å². The first-order chi connectivity index (χ1) is 13.1. The maximum absolute atomic E-state index is 12.2. The van der Waals surface area contributed by atoms with Crippen LogP contribution in [0.2, 0.25) is 0 Å². The van der Waals surface area contributed by atoms with Crippen LogP contribution in [0.5, 0.6) is 5.75 Å². The van der Waals surface area contributed by atoms with E-state index in [2.05, 4.69) is 9.62 Å². The number of hydrogen-bond acceptors (Lipinski definition) is 5. The molecule has 0 atom stereocenters. The lowest BCUT2D eigenvalue weighted by Gasteiger charge is -2.33. The molecule has 1 aliphatic heterocycles. The smallest absolute Gasteiger partial charge is 0.236 e. The molecule has 1 heterocycles. The molecule has 1 N–H and O–H groups in total. The molecule has 6 nitrogen and oxygen atoms in total. The molecule has 0 aliphatic carbocycles. The molecule has 3 rings (SSSR count). The van der Waals surface area contributed by atoms with Crippen LogP contribution in [-0.4, -0.2) is 47.1 Å². The highest BCUT2D eigenvalue weighted by molar-refractivity contribution is 7.92. The molecule has 27 heavy (non-hydrogen) atoms. The van der Waals surface area contributed by atoms with E-state index in [1.54, 1.807) is 31.4 Å². The fourth-order valence-corrected chi connectivity index (χ4v) is 4.01. The zero-order valence-corrected chi connectivity index (χ0v) is 16.3. The van der Waals surface area contributed by atoms with Crippen molar-refractivity contribution in [1.82, 2.24) is 0 Å². The number of nitrogens with one attached hydrogen (secondary N) is 1. The summed E-state index contributed by atoms with van der Waals surface area (Å²) in [6.07, 6.45) is 2.35. The number of rotatable bonds is 8. The Morgan fingerprint density at radius 3 is 2.33 bits per heavy atom. The average Bonchev–Trinajstić information content (AvgIpc) is 2.69. The van der Waals surface area contributed by atoms with Crippen molar-refractivity contribution in [2.75, 3.05) is 42.2 Å². The molecule has 2 aromatic carbocycles. The van der Waals surface area contributed by atoms with Crippen LogP contribution in [0.3, 0.4) is 0 Å². The van der Waals surface area contributed by atoms with Crippen LogP contribution in [-0.2, 0) is 14.8 Å². The van der Waals surface area contributed by atoms with Gasteiger partial charge >= 0.3 is 0 Å². The van der Waals surface area contributed by atoms with Gasteiger partial charge in [-0.3, -0.25) is 4.72 Å². The molecule has 1 fully saturated rings. The number of nitrogens with zero attached hydrogens (tertiary/aromatic N) is 1. The third-order valence-corrected chi connectivity index (χ3v) is 5.90. The Morgan fingerprint density at radius 1 is 1.04 bits per heavy atom. The second-order valence-corrected chi connectivity index (χ2v) is 8.39. The maximum Gasteiger partial charge on any atom is 0.236 e. The summed E-state index contributed by atoms with van der Waals surface area (Å²) in [6.45, 7) is 1.99. The van der Waals surface area contributed by atoms with Gasteiger partial charge in [-0.1, -0.05) is 18.2 Å². The zero-order chi connectivity index (χ0) is 19.1. The van der Waals surface area contributed by atoms with E-state index in [0.717, 1.165) is 31.6 Å². The van der Waals surface area contributed by atoms with Crippen LogP contribution in [0.25, 0.3) is 0 Å². The molecule has 0 saturated carbocycles. The Morgan fingerprint density at radius 2 is 1.70 bits per heavy atom. The third kappa shape index (κ3) is 5.87. The first-order valence-corrected chi connectivity index (χ1v) is 10.8. The number of sulfonamides is 1. The molecule has 1 saturated heterocycles. The van der Waals surface area contributed by atoms with Crippen LogP contribution < -0.4 is 14.4 Å². The molecule has 7 heteroatoms. The molecule has 0 amide bonds. The second-order valence-electron chi connectivity index (χ2n) is 6.55. The Kier molecular flexibility index (Phi) is 6.58. The number of methoxy groups -OCH3 is 1. The summed E-state index contributed by atoms with van der Waals surface area (Å²) in [7, 11) is -1.70.